The van der Waals surface area contributed by atoms with E-state index in [1.54, 1.807) is 18.2 Å². The molecule has 0 saturated carbocycles. The minimum absolute atomic E-state index is 0.240. The lowest BCUT2D eigenvalue weighted by molar-refractivity contribution is 0.102. The number of hydrogen-bond donors (Lipinski definition) is 1. The Morgan fingerprint density at radius 1 is 1.17 bits per heavy atom. The molecule has 5 heteroatoms. The fourth-order valence-corrected chi connectivity index (χ4v) is 3.73. The van der Waals surface area contributed by atoms with Crippen LogP contribution in [0.2, 0.25) is 5.02 Å². The number of anilines is 1. The Balaban J connectivity index is 2.04. The van der Waals surface area contributed by atoms with Gasteiger partial charge in [-0.15, -0.1) is 11.3 Å². The van der Waals surface area contributed by atoms with Gasteiger partial charge in [-0.2, -0.15) is 5.26 Å². The predicted octanol–water partition coefficient (Wildman–Crippen LogP) is 5.30. The molecule has 0 bridgehead atoms. The topological polar surface area (TPSA) is 52.9 Å². The molecule has 0 aliphatic heterocycles. The predicted molar refractivity (Wildman–Crippen MR) is 95.4 cm³/mol. The highest BCUT2D eigenvalue weighted by Gasteiger charge is 2.17. The third-order valence-corrected chi connectivity index (χ3v) is 5.29. The van der Waals surface area contributed by atoms with Crippen LogP contribution in [0.15, 0.2) is 36.4 Å². The summed E-state index contributed by atoms with van der Waals surface area (Å²) in [6.07, 6.45) is 0. The molecule has 0 fully saturated rings. The zero-order chi connectivity index (χ0) is 16.6. The number of hydrogen-bond acceptors (Lipinski definition) is 3. The van der Waals surface area contributed by atoms with Crippen LogP contribution in [0.3, 0.4) is 0 Å². The van der Waals surface area contributed by atoms with Crippen molar-refractivity contribution in [2.24, 2.45) is 0 Å². The lowest BCUT2D eigenvalue weighted by atomic mass is 10.0. The van der Waals surface area contributed by atoms with E-state index in [-0.39, 0.29) is 5.91 Å². The molecule has 0 atom stereocenters. The van der Waals surface area contributed by atoms with Crippen LogP contribution in [0.4, 0.5) is 5.00 Å². The first kappa shape index (κ1) is 15.5. The lowest BCUT2D eigenvalue weighted by Gasteiger charge is -2.08. The van der Waals surface area contributed by atoms with E-state index in [9.17, 15) is 10.1 Å². The fraction of sp³-hybridized carbons (Fsp3) is 0.111. The molecule has 0 spiro atoms. The number of aryl methyl sites for hydroxylation is 1. The first-order valence-electron chi connectivity index (χ1n) is 7.01. The normalized spacial score (nSPS) is 10.5. The number of nitriles is 1. The van der Waals surface area contributed by atoms with Crippen LogP contribution in [0.5, 0.6) is 0 Å². The summed E-state index contributed by atoms with van der Waals surface area (Å²) in [5.41, 5.74) is 1.98. The van der Waals surface area contributed by atoms with E-state index >= 15 is 0 Å². The highest BCUT2D eigenvalue weighted by atomic mass is 35.5. The van der Waals surface area contributed by atoms with Crippen molar-refractivity contribution >= 4 is 44.6 Å². The number of thiophene rings is 1. The molecular weight excluding hydrogens is 328 g/mol. The van der Waals surface area contributed by atoms with Gasteiger partial charge in [-0.3, -0.25) is 4.79 Å². The van der Waals surface area contributed by atoms with Crippen LogP contribution in [-0.4, -0.2) is 5.91 Å². The van der Waals surface area contributed by atoms with Gasteiger partial charge in [-0.1, -0.05) is 35.9 Å². The van der Waals surface area contributed by atoms with Crippen LogP contribution >= 0.6 is 22.9 Å². The number of amides is 1. The fourth-order valence-electron chi connectivity index (χ4n) is 2.49. The second-order valence-electron chi connectivity index (χ2n) is 5.19. The van der Waals surface area contributed by atoms with Gasteiger partial charge >= 0.3 is 0 Å². The van der Waals surface area contributed by atoms with E-state index in [4.69, 9.17) is 11.6 Å². The van der Waals surface area contributed by atoms with Crippen molar-refractivity contribution in [1.29, 1.82) is 5.26 Å². The van der Waals surface area contributed by atoms with Crippen LogP contribution in [0.25, 0.3) is 10.8 Å². The number of halogens is 1. The second-order valence-corrected chi connectivity index (χ2v) is 6.83. The van der Waals surface area contributed by atoms with Gasteiger partial charge in [-0.05, 0) is 36.9 Å². The first-order chi connectivity index (χ1) is 11.0. The number of benzene rings is 2. The molecule has 2 aromatic carbocycles. The minimum Gasteiger partial charge on any atom is -0.312 e. The van der Waals surface area contributed by atoms with Crippen molar-refractivity contribution in [2.45, 2.75) is 13.8 Å². The van der Waals surface area contributed by atoms with Gasteiger partial charge in [0.15, 0.2) is 0 Å². The van der Waals surface area contributed by atoms with Crippen LogP contribution in [0.1, 0.15) is 26.4 Å². The monoisotopic (exact) mass is 340 g/mol. The van der Waals surface area contributed by atoms with Gasteiger partial charge in [0.2, 0.25) is 0 Å². The molecular formula is C18H13ClN2OS. The summed E-state index contributed by atoms with van der Waals surface area (Å²) < 4.78 is 0. The Morgan fingerprint density at radius 3 is 2.61 bits per heavy atom. The summed E-state index contributed by atoms with van der Waals surface area (Å²) in [5.74, 6) is -0.240. The van der Waals surface area contributed by atoms with Gasteiger partial charge < -0.3 is 5.32 Å². The average Bonchev–Trinajstić information content (AvgIpc) is 2.81. The third-order valence-electron chi connectivity index (χ3n) is 3.84. The number of rotatable bonds is 2. The average molecular weight is 341 g/mol. The summed E-state index contributed by atoms with van der Waals surface area (Å²) in [5, 5.41) is 15.0. The number of carbonyl (C=O) groups is 1. The van der Waals surface area contributed by atoms with Gasteiger partial charge in [0.05, 0.1) is 5.56 Å². The Kier molecular flexibility index (Phi) is 4.08. The molecule has 3 aromatic rings. The zero-order valence-corrected chi connectivity index (χ0v) is 14.2. The molecule has 3 nitrogen and oxygen atoms in total. The molecule has 0 unspecified atom stereocenters. The van der Waals surface area contributed by atoms with Gasteiger partial charge in [0.1, 0.15) is 11.1 Å². The lowest BCUT2D eigenvalue weighted by Crippen LogP contribution is -2.12. The number of carbonyl (C=O) groups excluding carboxylic acids is 1. The highest BCUT2D eigenvalue weighted by molar-refractivity contribution is 7.16. The maximum Gasteiger partial charge on any atom is 0.256 e. The molecule has 1 heterocycles. The molecule has 1 amide bonds. The van der Waals surface area contributed by atoms with Crippen LogP contribution in [-0.2, 0) is 0 Å². The molecule has 23 heavy (non-hydrogen) atoms. The van der Waals surface area contributed by atoms with E-state index in [2.05, 4.69) is 11.4 Å². The number of nitrogens with zero attached hydrogens (tertiary/aromatic N) is 1. The first-order valence-corrected chi connectivity index (χ1v) is 8.21. The molecule has 0 radical (unpaired) electrons. The largest absolute Gasteiger partial charge is 0.312 e. The maximum atomic E-state index is 12.7. The van der Waals surface area contributed by atoms with Crippen LogP contribution in [0, 0.1) is 25.2 Å². The van der Waals surface area contributed by atoms with Gasteiger partial charge in [0, 0.05) is 20.8 Å². The molecule has 0 saturated heterocycles. The zero-order valence-electron chi connectivity index (χ0n) is 12.6. The molecule has 1 aromatic heterocycles. The molecule has 0 aliphatic carbocycles. The Bertz CT molecular complexity index is 969. The van der Waals surface area contributed by atoms with E-state index in [1.165, 1.54) is 11.3 Å². The van der Waals surface area contributed by atoms with E-state index in [1.807, 2.05) is 32.0 Å². The van der Waals surface area contributed by atoms with Crippen molar-refractivity contribution in [3.63, 3.8) is 0 Å². The summed E-state index contributed by atoms with van der Waals surface area (Å²) in [4.78, 5) is 13.7. The van der Waals surface area contributed by atoms with Crippen molar-refractivity contribution in [2.75, 3.05) is 5.32 Å². The van der Waals surface area contributed by atoms with Crippen LogP contribution < -0.4 is 5.32 Å². The summed E-state index contributed by atoms with van der Waals surface area (Å²) in [6.45, 7) is 3.83. The molecule has 0 aliphatic rings. The minimum atomic E-state index is -0.240. The van der Waals surface area contributed by atoms with E-state index < -0.39 is 0 Å². The van der Waals surface area contributed by atoms with Crippen molar-refractivity contribution < 1.29 is 4.79 Å². The highest BCUT2D eigenvalue weighted by Crippen LogP contribution is 2.33. The standard InChI is InChI=1S/C18H13ClN2OS/c1-10-11(2)23-18(15(10)9-20)21-17(22)14-7-3-6-13-12(14)5-4-8-16(13)19/h3-8H,1-2H3,(H,21,22). The molecule has 3 rings (SSSR count). The molecule has 1 N–H and O–H groups in total. The van der Waals surface area contributed by atoms with Crippen molar-refractivity contribution in [1.82, 2.24) is 0 Å². The Hall–Kier alpha value is -2.35. The van der Waals surface area contributed by atoms with Crippen molar-refractivity contribution in [3.8, 4) is 6.07 Å². The Labute approximate surface area is 143 Å². The van der Waals surface area contributed by atoms with Gasteiger partial charge in [-0.25, -0.2) is 0 Å². The maximum absolute atomic E-state index is 12.7. The SMILES string of the molecule is Cc1sc(NC(=O)c2cccc3c(Cl)cccc23)c(C#N)c1C. The van der Waals surface area contributed by atoms with E-state index in [0.717, 1.165) is 21.2 Å². The van der Waals surface area contributed by atoms with Gasteiger partial charge in [0.25, 0.3) is 5.91 Å². The van der Waals surface area contributed by atoms with E-state index in [0.29, 0.717) is 21.2 Å². The van der Waals surface area contributed by atoms with Crippen molar-refractivity contribution in [3.05, 3.63) is 63.0 Å². The Morgan fingerprint density at radius 2 is 1.87 bits per heavy atom. The second kappa shape index (κ2) is 6.04. The third kappa shape index (κ3) is 2.70. The quantitative estimate of drug-likeness (QED) is 0.688. The summed E-state index contributed by atoms with van der Waals surface area (Å²) in [7, 11) is 0. The smallest absolute Gasteiger partial charge is 0.256 e. The number of nitrogens with one attached hydrogen (secondary N) is 1. The number of fused-ring (bicyclic) bond motifs is 1. The summed E-state index contributed by atoms with van der Waals surface area (Å²) in [6, 6.07) is 13.1. The summed E-state index contributed by atoms with van der Waals surface area (Å²) >= 11 is 7.61. The molecule has 114 valence electrons.